The number of fused-ring (bicyclic) bond motifs is 1. The average Bonchev–Trinajstić information content (AvgIpc) is 2.89. The van der Waals surface area contributed by atoms with Gasteiger partial charge in [0.25, 0.3) is 5.91 Å². The highest BCUT2D eigenvalue weighted by Gasteiger charge is 2.48. The van der Waals surface area contributed by atoms with Gasteiger partial charge in [-0.15, -0.1) is 0 Å². The first-order valence-corrected chi connectivity index (χ1v) is 12.3. The van der Waals surface area contributed by atoms with Gasteiger partial charge in [-0.05, 0) is 36.3 Å². The topological polar surface area (TPSA) is 91.2 Å². The van der Waals surface area contributed by atoms with Gasteiger partial charge in [-0.3, -0.25) is 9.36 Å². The highest BCUT2D eigenvalue weighted by molar-refractivity contribution is 7.66. The number of amidine groups is 1. The van der Waals surface area contributed by atoms with E-state index in [9.17, 15) is 14.5 Å². The largest absolute Gasteiger partial charge is 0.509 e. The molecule has 2 heterocycles. The van der Waals surface area contributed by atoms with Gasteiger partial charge >= 0.3 is 7.52 Å². The number of hydrogen-bond acceptors (Lipinski definition) is 5. The summed E-state index contributed by atoms with van der Waals surface area (Å²) in [6.07, 6.45) is 0.784. The summed E-state index contributed by atoms with van der Waals surface area (Å²) in [6, 6.07) is 6.56. The fraction of sp³-hybridized carbons (Fsp3) is 0.565. The van der Waals surface area contributed by atoms with Crippen molar-refractivity contribution in [2.24, 2.45) is 15.6 Å². The standard InChI is InChI=1S/C23H34N3O4P/c1-8-30-31(29)16-12-10-9-11-15(16)24-20(25-31)17-18(27)19(23(5,6)7)26(21(17)28)14-13-22(2,3)4/h9-12,19,27H,8,13-14H2,1-7H3,(H,24,25,29). The van der Waals surface area contributed by atoms with Crippen molar-refractivity contribution in [3.8, 4) is 0 Å². The fourth-order valence-corrected chi connectivity index (χ4v) is 5.77. The lowest BCUT2D eigenvalue weighted by atomic mass is 9.84. The molecule has 1 aromatic carbocycles. The van der Waals surface area contributed by atoms with E-state index in [4.69, 9.17) is 4.52 Å². The van der Waals surface area contributed by atoms with E-state index >= 15 is 0 Å². The van der Waals surface area contributed by atoms with Crippen LogP contribution in [0.4, 0.5) is 5.69 Å². The summed E-state index contributed by atoms with van der Waals surface area (Å²) in [7, 11) is -3.58. The second-order valence-electron chi connectivity index (χ2n) is 10.4. The van der Waals surface area contributed by atoms with Gasteiger partial charge in [0.05, 0.1) is 23.6 Å². The van der Waals surface area contributed by atoms with Gasteiger partial charge in [0.15, 0.2) is 5.84 Å². The van der Waals surface area contributed by atoms with E-state index in [0.29, 0.717) is 17.5 Å². The predicted octanol–water partition coefficient (Wildman–Crippen LogP) is 4.87. The second-order valence-corrected chi connectivity index (χ2v) is 12.3. The van der Waals surface area contributed by atoms with Crippen molar-refractivity contribution >= 4 is 30.3 Å². The quantitative estimate of drug-likeness (QED) is 0.629. The molecule has 0 saturated carbocycles. The molecule has 0 saturated heterocycles. The highest BCUT2D eigenvalue weighted by Crippen LogP contribution is 2.52. The Labute approximate surface area is 185 Å². The third-order valence-electron chi connectivity index (χ3n) is 5.46. The van der Waals surface area contributed by atoms with Gasteiger partial charge in [-0.2, -0.15) is 4.76 Å². The number of carbonyl (C=O) groups excluding carboxylic acids is 1. The SMILES string of the molecule is CCOP1(=O)N=C(C2=C(O)C(C(C)(C)C)N(CCC(C)(C)C)C2=O)Nc2ccccc21. The summed E-state index contributed by atoms with van der Waals surface area (Å²) < 4.78 is 23.5. The van der Waals surface area contributed by atoms with Crippen LogP contribution in [0.25, 0.3) is 0 Å². The Balaban J connectivity index is 2.08. The number of aliphatic hydroxyl groups is 1. The van der Waals surface area contributed by atoms with Crippen LogP contribution < -0.4 is 10.6 Å². The molecule has 7 nitrogen and oxygen atoms in total. The molecule has 1 aromatic rings. The van der Waals surface area contributed by atoms with Crippen LogP contribution in [0, 0.1) is 10.8 Å². The number of aliphatic hydroxyl groups excluding tert-OH is 1. The number of para-hydroxylation sites is 1. The Morgan fingerprint density at radius 2 is 1.84 bits per heavy atom. The van der Waals surface area contributed by atoms with Crippen molar-refractivity contribution in [2.75, 3.05) is 18.5 Å². The van der Waals surface area contributed by atoms with Gasteiger partial charge in [0, 0.05) is 6.54 Å². The first kappa shape index (κ1) is 23.6. The van der Waals surface area contributed by atoms with Crippen LogP contribution in [0.15, 0.2) is 40.4 Å². The predicted molar refractivity (Wildman–Crippen MR) is 125 cm³/mol. The zero-order chi connectivity index (χ0) is 23.2. The van der Waals surface area contributed by atoms with E-state index in [0.717, 1.165) is 6.42 Å². The van der Waals surface area contributed by atoms with E-state index in [1.165, 1.54) is 0 Å². The number of nitrogens with one attached hydrogen (secondary N) is 1. The van der Waals surface area contributed by atoms with Crippen LogP contribution >= 0.6 is 7.52 Å². The lowest BCUT2D eigenvalue weighted by Crippen LogP contribution is -2.45. The normalized spacial score (nSPS) is 24.2. The summed E-state index contributed by atoms with van der Waals surface area (Å²) in [5, 5.41) is 14.8. The summed E-state index contributed by atoms with van der Waals surface area (Å²) in [6.45, 7) is 14.8. The molecule has 170 valence electrons. The van der Waals surface area contributed by atoms with Crippen molar-refractivity contribution in [1.82, 2.24) is 4.90 Å². The minimum atomic E-state index is -3.58. The van der Waals surface area contributed by atoms with Crippen molar-refractivity contribution in [3.05, 3.63) is 35.6 Å². The molecule has 0 radical (unpaired) electrons. The summed E-state index contributed by atoms with van der Waals surface area (Å²) >= 11 is 0. The molecule has 1 amide bonds. The third kappa shape index (κ3) is 4.58. The molecule has 2 atom stereocenters. The van der Waals surface area contributed by atoms with Gasteiger partial charge < -0.3 is 19.8 Å². The number of hydrogen-bond donors (Lipinski definition) is 2. The van der Waals surface area contributed by atoms with Crippen molar-refractivity contribution in [2.45, 2.75) is 60.9 Å². The number of anilines is 1. The highest BCUT2D eigenvalue weighted by atomic mass is 31.2. The lowest BCUT2D eigenvalue weighted by molar-refractivity contribution is -0.128. The van der Waals surface area contributed by atoms with Gasteiger partial charge in [-0.25, -0.2) is 0 Å². The molecule has 0 aromatic heterocycles. The first-order valence-electron chi connectivity index (χ1n) is 10.7. The van der Waals surface area contributed by atoms with Gasteiger partial charge in [-0.1, -0.05) is 53.7 Å². The van der Waals surface area contributed by atoms with Crippen molar-refractivity contribution in [1.29, 1.82) is 0 Å². The van der Waals surface area contributed by atoms with Crippen LogP contribution in [-0.2, 0) is 13.9 Å². The number of benzene rings is 1. The van der Waals surface area contributed by atoms with Crippen molar-refractivity contribution in [3.63, 3.8) is 0 Å². The maximum atomic E-state index is 13.6. The summed E-state index contributed by atoms with van der Waals surface area (Å²) in [5.74, 6) is -0.249. The Hall–Kier alpha value is -2.11. The zero-order valence-corrected chi connectivity index (χ0v) is 20.4. The minimum Gasteiger partial charge on any atom is -0.509 e. The van der Waals surface area contributed by atoms with Crippen LogP contribution in [0.2, 0.25) is 0 Å². The maximum Gasteiger partial charge on any atom is 0.348 e. The number of rotatable bonds is 5. The minimum absolute atomic E-state index is 0.0330. The van der Waals surface area contributed by atoms with Crippen LogP contribution in [0.3, 0.4) is 0 Å². The Bertz CT molecular complexity index is 985. The number of amides is 1. The zero-order valence-electron chi connectivity index (χ0n) is 19.5. The van der Waals surface area contributed by atoms with E-state index in [1.807, 2.05) is 26.8 Å². The molecule has 2 aliphatic heterocycles. The smallest absolute Gasteiger partial charge is 0.348 e. The van der Waals surface area contributed by atoms with E-state index < -0.39 is 19.0 Å². The molecule has 31 heavy (non-hydrogen) atoms. The summed E-state index contributed by atoms with van der Waals surface area (Å²) in [5.41, 5.74) is 0.280. The van der Waals surface area contributed by atoms with E-state index in [-0.39, 0.29) is 35.1 Å². The molecule has 3 rings (SSSR count). The summed E-state index contributed by atoms with van der Waals surface area (Å²) in [4.78, 5) is 15.2. The first-order chi connectivity index (χ1) is 14.3. The van der Waals surface area contributed by atoms with Gasteiger partial charge in [0.1, 0.15) is 11.3 Å². The lowest BCUT2D eigenvalue weighted by Gasteiger charge is -2.36. The average molecular weight is 448 g/mol. The Morgan fingerprint density at radius 1 is 1.19 bits per heavy atom. The van der Waals surface area contributed by atoms with E-state index in [1.54, 1.807) is 30.0 Å². The molecule has 0 spiro atoms. The maximum absolute atomic E-state index is 13.6. The molecule has 0 aliphatic carbocycles. The second kappa shape index (κ2) is 8.10. The third-order valence-corrected chi connectivity index (χ3v) is 7.53. The number of carbonyl (C=O) groups is 1. The molecule has 8 heteroatoms. The van der Waals surface area contributed by atoms with Gasteiger partial charge in [0.2, 0.25) is 0 Å². The molecule has 2 N–H and O–H groups in total. The monoisotopic (exact) mass is 447 g/mol. The van der Waals surface area contributed by atoms with Crippen LogP contribution in [0.1, 0.15) is 54.9 Å². The Kier molecular flexibility index (Phi) is 6.16. The van der Waals surface area contributed by atoms with Crippen LogP contribution in [0.5, 0.6) is 0 Å². The molecule has 2 aliphatic rings. The van der Waals surface area contributed by atoms with Crippen molar-refractivity contribution < 1.29 is 19.0 Å². The molecular formula is C23H34N3O4P. The molecule has 2 unspecified atom stereocenters. The molecular weight excluding hydrogens is 413 g/mol. The fourth-order valence-electron chi connectivity index (χ4n) is 3.99. The van der Waals surface area contributed by atoms with Crippen LogP contribution in [-0.4, -0.2) is 40.9 Å². The number of nitrogens with zero attached hydrogens (tertiary/aromatic N) is 2. The molecule has 0 fully saturated rings. The Morgan fingerprint density at radius 3 is 2.42 bits per heavy atom. The molecule has 0 bridgehead atoms. The van der Waals surface area contributed by atoms with E-state index in [2.05, 4.69) is 30.9 Å².